The number of carbonyl (C=O) groups is 1. The van der Waals surface area contributed by atoms with E-state index in [2.05, 4.69) is 20.7 Å². The van der Waals surface area contributed by atoms with E-state index >= 15 is 0 Å². The van der Waals surface area contributed by atoms with Gasteiger partial charge in [0.2, 0.25) is 0 Å². The molecule has 0 heterocycles. The molecule has 2 aromatic rings. The second-order valence-corrected chi connectivity index (χ2v) is 5.84. The largest absolute Gasteiger partial charge is 0.573 e. The fourth-order valence-electron chi connectivity index (χ4n) is 2.35. The molecule has 6 heteroatoms. The molecule has 122 valence electrons. The first kappa shape index (κ1) is 17.5. The summed E-state index contributed by atoms with van der Waals surface area (Å²) in [6.07, 6.45) is -4.38. The molecule has 0 saturated heterocycles. The van der Waals surface area contributed by atoms with E-state index in [1.807, 2.05) is 13.0 Å². The predicted octanol–water partition coefficient (Wildman–Crippen LogP) is 5.72. The van der Waals surface area contributed by atoms with Crippen LogP contribution in [0.15, 0.2) is 53.0 Å². The van der Waals surface area contributed by atoms with Crippen molar-refractivity contribution in [2.24, 2.45) is 0 Å². The van der Waals surface area contributed by atoms with Crippen LogP contribution < -0.4 is 4.74 Å². The van der Waals surface area contributed by atoms with E-state index in [0.29, 0.717) is 10.9 Å². The van der Waals surface area contributed by atoms with Gasteiger partial charge in [0.1, 0.15) is 5.75 Å². The second kappa shape index (κ2) is 7.17. The average Bonchev–Trinajstić information content (AvgIpc) is 2.47. The highest BCUT2D eigenvalue weighted by atomic mass is 79.9. The summed E-state index contributed by atoms with van der Waals surface area (Å²) < 4.78 is 42.1. The quantitative estimate of drug-likeness (QED) is 0.613. The molecule has 2 rings (SSSR count). The van der Waals surface area contributed by atoms with Gasteiger partial charge in [-0.3, -0.25) is 4.79 Å². The minimum atomic E-state index is -4.86. The minimum absolute atomic E-state index is 0.0822. The van der Waals surface area contributed by atoms with Gasteiger partial charge in [0.25, 0.3) is 0 Å². The van der Waals surface area contributed by atoms with Gasteiger partial charge in [0, 0.05) is 10.4 Å². The van der Waals surface area contributed by atoms with Crippen LogP contribution in [0.25, 0.3) is 0 Å². The Labute approximate surface area is 140 Å². The number of rotatable bonds is 5. The fourth-order valence-corrected chi connectivity index (χ4v) is 2.69. The SMILES string of the molecule is CCC(C(=O)c1ccc(Br)cc1OC(F)(F)F)c1ccccc1. The molecular formula is C17H14BrF3O2. The summed E-state index contributed by atoms with van der Waals surface area (Å²) >= 11 is 3.09. The van der Waals surface area contributed by atoms with Gasteiger partial charge in [0.05, 0.1) is 5.56 Å². The fraction of sp³-hybridized carbons (Fsp3) is 0.235. The third-order valence-corrected chi connectivity index (χ3v) is 3.85. The molecule has 0 aliphatic rings. The number of hydrogen-bond donors (Lipinski definition) is 0. The van der Waals surface area contributed by atoms with E-state index in [-0.39, 0.29) is 5.56 Å². The highest BCUT2D eigenvalue weighted by Gasteiger charge is 2.34. The van der Waals surface area contributed by atoms with Crippen LogP contribution in [-0.2, 0) is 0 Å². The number of ether oxygens (including phenoxy) is 1. The van der Waals surface area contributed by atoms with Crippen LogP contribution >= 0.6 is 15.9 Å². The second-order valence-electron chi connectivity index (χ2n) is 4.92. The van der Waals surface area contributed by atoms with Crippen molar-refractivity contribution < 1.29 is 22.7 Å². The number of Topliss-reactive ketones (excluding diaryl/α,β-unsaturated/α-hetero) is 1. The Hall–Kier alpha value is -1.82. The van der Waals surface area contributed by atoms with Crippen LogP contribution in [0, 0.1) is 0 Å². The first-order chi connectivity index (χ1) is 10.8. The Morgan fingerprint density at radius 3 is 2.39 bits per heavy atom. The lowest BCUT2D eigenvalue weighted by Crippen LogP contribution is -2.20. The first-order valence-corrected chi connectivity index (χ1v) is 7.75. The molecule has 1 unspecified atom stereocenters. The molecule has 0 aliphatic heterocycles. The summed E-state index contributed by atoms with van der Waals surface area (Å²) in [5, 5.41) is 0. The third kappa shape index (κ3) is 4.58. The van der Waals surface area contributed by atoms with Crippen molar-refractivity contribution in [3.05, 3.63) is 64.1 Å². The Morgan fingerprint density at radius 2 is 1.83 bits per heavy atom. The normalized spacial score (nSPS) is 12.7. The number of halogens is 4. The molecule has 0 amide bonds. The van der Waals surface area contributed by atoms with Crippen LogP contribution in [0.1, 0.15) is 35.2 Å². The lowest BCUT2D eigenvalue weighted by molar-refractivity contribution is -0.274. The van der Waals surface area contributed by atoms with Gasteiger partial charge in [-0.05, 0) is 30.2 Å². The van der Waals surface area contributed by atoms with Gasteiger partial charge in [-0.15, -0.1) is 13.2 Å². The zero-order valence-corrected chi connectivity index (χ0v) is 13.8. The van der Waals surface area contributed by atoms with Crippen molar-refractivity contribution in [3.8, 4) is 5.75 Å². The van der Waals surface area contributed by atoms with Crippen molar-refractivity contribution in [1.29, 1.82) is 0 Å². The van der Waals surface area contributed by atoms with Gasteiger partial charge in [-0.1, -0.05) is 53.2 Å². The van der Waals surface area contributed by atoms with E-state index in [1.54, 1.807) is 24.3 Å². The van der Waals surface area contributed by atoms with Gasteiger partial charge in [-0.2, -0.15) is 0 Å². The molecule has 2 nitrogen and oxygen atoms in total. The smallest absolute Gasteiger partial charge is 0.405 e. The van der Waals surface area contributed by atoms with Gasteiger partial charge in [-0.25, -0.2) is 0 Å². The van der Waals surface area contributed by atoms with Gasteiger partial charge in [0.15, 0.2) is 5.78 Å². The molecule has 0 fully saturated rings. The molecule has 0 N–H and O–H groups in total. The maximum Gasteiger partial charge on any atom is 0.573 e. The molecular weight excluding hydrogens is 373 g/mol. The Balaban J connectivity index is 2.42. The van der Waals surface area contributed by atoms with E-state index in [0.717, 1.165) is 11.6 Å². The monoisotopic (exact) mass is 386 g/mol. The van der Waals surface area contributed by atoms with Crippen LogP contribution in [0.3, 0.4) is 0 Å². The summed E-state index contributed by atoms with van der Waals surface area (Å²) in [7, 11) is 0. The number of alkyl halides is 3. The maximum absolute atomic E-state index is 12.7. The molecule has 0 aliphatic carbocycles. The topological polar surface area (TPSA) is 26.3 Å². The highest BCUT2D eigenvalue weighted by Crippen LogP contribution is 2.33. The standard InChI is InChI=1S/C17H14BrF3O2/c1-2-13(11-6-4-3-5-7-11)16(22)14-9-8-12(18)10-15(14)23-17(19,20)21/h3-10,13H,2H2,1H3. The van der Waals surface area contributed by atoms with Crippen LogP contribution in [-0.4, -0.2) is 12.1 Å². The number of carbonyl (C=O) groups excluding carboxylic acids is 1. The summed E-state index contributed by atoms with van der Waals surface area (Å²) in [5.41, 5.74) is 0.683. The van der Waals surface area contributed by atoms with Crippen molar-refractivity contribution >= 4 is 21.7 Å². The van der Waals surface area contributed by atoms with E-state index in [9.17, 15) is 18.0 Å². The Morgan fingerprint density at radius 1 is 1.17 bits per heavy atom. The molecule has 2 aromatic carbocycles. The van der Waals surface area contributed by atoms with Gasteiger partial charge < -0.3 is 4.74 Å². The predicted molar refractivity (Wildman–Crippen MR) is 84.6 cm³/mol. The van der Waals surface area contributed by atoms with E-state index in [4.69, 9.17) is 0 Å². The lowest BCUT2D eigenvalue weighted by Gasteiger charge is -2.18. The molecule has 1 atom stereocenters. The number of ketones is 1. The molecule has 0 bridgehead atoms. The molecule has 0 radical (unpaired) electrons. The highest BCUT2D eigenvalue weighted by molar-refractivity contribution is 9.10. The zero-order valence-electron chi connectivity index (χ0n) is 12.2. The summed E-state index contributed by atoms with van der Waals surface area (Å²) in [6.45, 7) is 1.82. The van der Waals surface area contributed by atoms with E-state index in [1.165, 1.54) is 12.1 Å². The van der Waals surface area contributed by atoms with Crippen LogP contribution in [0.2, 0.25) is 0 Å². The number of hydrogen-bond acceptors (Lipinski definition) is 2. The summed E-state index contributed by atoms with van der Waals surface area (Å²) in [4.78, 5) is 12.7. The molecule has 0 aromatic heterocycles. The molecule has 23 heavy (non-hydrogen) atoms. The average molecular weight is 387 g/mol. The third-order valence-electron chi connectivity index (χ3n) is 3.36. The summed E-state index contributed by atoms with van der Waals surface area (Å²) in [5.74, 6) is -1.41. The Kier molecular flexibility index (Phi) is 5.46. The van der Waals surface area contributed by atoms with Crippen LogP contribution in [0.4, 0.5) is 13.2 Å². The van der Waals surface area contributed by atoms with Crippen molar-refractivity contribution in [3.63, 3.8) is 0 Å². The summed E-state index contributed by atoms with van der Waals surface area (Å²) in [6, 6.07) is 13.0. The van der Waals surface area contributed by atoms with Crippen molar-refractivity contribution in [2.45, 2.75) is 25.6 Å². The minimum Gasteiger partial charge on any atom is -0.405 e. The van der Waals surface area contributed by atoms with Gasteiger partial charge >= 0.3 is 6.36 Å². The molecule has 0 spiro atoms. The first-order valence-electron chi connectivity index (χ1n) is 6.96. The number of benzene rings is 2. The maximum atomic E-state index is 12.7. The van der Waals surface area contributed by atoms with E-state index < -0.39 is 23.8 Å². The van der Waals surface area contributed by atoms with Crippen molar-refractivity contribution in [1.82, 2.24) is 0 Å². The molecule has 0 saturated carbocycles. The lowest BCUT2D eigenvalue weighted by atomic mass is 9.88. The zero-order chi connectivity index (χ0) is 17.0. The Bertz CT molecular complexity index is 684. The van der Waals surface area contributed by atoms with Crippen molar-refractivity contribution in [2.75, 3.05) is 0 Å². The van der Waals surface area contributed by atoms with Crippen LogP contribution in [0.5, 0.6) is 5.75 Å².